The van der Waals surface area contributed by atoms with Crippen LogP contribution in [0.15, 0.2) is 34.5 Å². The number of nitrogens with zero attached hydrogens (tertiary/aromatic N) is 1. The molecule has 0 bridgehead atoms. The molecule has 2 heterocycles. The van der Waals surface area contributed by atoms with Crippen molar-refractivity contribution >= 4 is 32.7 Å². The van der Waals surface area contributed by atoms with E-state index in [1.807, 2.05) is 0 Å². The highest BCUT2D eigenvalue weighted by Crippen LogP contribution is 2.38. The molecule has 2 aromatic rings. The molecule has 0 fully saturated rings. The third-order valence-corrected chi connectivity index (χ3v) is 5.81. The summed E-state index contributed by atoms with van der Waals surface area (Å²) < 4.78 is 23.7. The van der Waals surface area contributed by atoms with E-state index in [1.54, 1.807) is 23.5 Å². The monoisotopic (exact) mass is 323 g/mol. The van der Waals surface area contributed by atoms with Crippen LogP contribution in [0.5, 0.6) is 0 Å². The number of hydrogen-bond acceptors (Lipinski definition) is 5. The first-order valence-electron chi connectivity index (χ1n) is 6.63. The SMILES string of the molecule is CC1c2ccsc2CCN1c1ccc(N)cc1S(N)(=O)=O. The first kappa shape index (κ1) is 14.4. The van der Waals surface area contributed by atoms with E-state index in [9.17, 15) is 8.42 Å². The number of fused-ring (bicyclic) bond motifs is 1. The lowest BCUT2D eigenvalue weighted by Crippen LogP contribution is -2.34. The molecule has 1 aromatic carbocycles. The normalized spacial score (nSPS) is 18.6. The number of nitrogens with two attached hydrogens (primary N) is 2. The van der Waals surface area contributed by atoms with Crippen molar-refractivity contribution in [1.29, 1.82) is 0 Å². The second-order valence-corrected chi connectivity index (χ2v) is 7.72. The lowest BCUT2D eigenvalue weighted by molar-refractivity contribution is 0.593. The van der Waals surface area contributed by atoms with Crippen LogP contribution in [0.4, 0.5) is 11.4 Å². The minimum atomic E-state index is -3.81. The second-order valence-electron chi connectivity index (χ2n) is 5.19. The summed E-state index contributed by atoms with van der Waals surface area (Å²) in [6.45, 7) is 2.84. The Morgan fingerprint density at radius 1 is 1.33 bits per heavy atom. The minimum Gasteiger partial charge on any atom is -0.399 e. The molecule has 1 unspecified atom stereocenters. The molecular formula is C14H17N3O2S2. The van der Waals surface area contributed by atoms with Gasteiger partial charge in [0.25, 0.3) is 0 Å². The molecule has 0 spiro atoms. The zero-order chi connectivity index (χ0) is 15.2. The van der Waals surface area contributed by atoms with Crippen LogP contribution in [-0.4, -0.2) is 15.0 Å². The summed E-state index contributed by atoms with van der Waals surface area (Å²) in [5.41, 5.74) is 7.98. The molecule has 21 heavy (non-hydrogen) atoms. The fourth-order valence-corrected chi connectivity index (χ4v) is 4.57. The Hall–Kier alpha value is -1.57. The van der Waals surface area contributed by atoms with Gasteiger partial charge in [0, 0.05) is 17.1 Å². The molecule has 0 amide bonds. The van der Waals surface area contributed by atoms with Crippen molar-refractivity contribution in [2.75, 3.05) is 17.2 Å². The van der Waals surface area contributed by atoms with Gasteiger partial charge < -0.3 is 10.6 Å². The number of primary sulfonamides is 1. The van der Waals surface area contributed by atoms with Crippen molar-refractivity contribution in [3.05, 3.63) is 40.1 Å². The third-order valence-electron chi connectivity index (χ3n) is 3.88. The number of sulfonamides is 1. The van der Waals surface area contributed by atoms with Crippen molar-refractivity contribution in [3.63, 3.8) is 0 Å². The van der Waals surface area contributed by atoms with Crippen LogP contribution in [0.1, 0.15) is 23.4 Å². The summed E-state index contributed by atoms with van der Waals surface area (Å²) in [6.07, 6.45) is 0.909. The van der Waals surface area contributed by atoms with Crippen LogP contribution in [0.2, 0.25) is 0 Å². The molecule has 4 N–H and O–H groups in total. The van der Waals surface area contributed by atoms with Crippen LogP contribution in [0, 0.1) is 0 Å². The Balaban J connectivity index is 2.10. The van der Waals surface area contributed by atoms with Gasteiger partial charge in [0.15, 0.2) is 0 Å². The van der Waals surface area contributed by atoms with E-state index in [-0.39, 0.29) is 10.9 Å². The van der Waals surface area contributed by atoms with E-state index < -0.39 is 10.0 Å². The van der Waals surface area contributed by atoms with Crippen molar-refractivity contribution in [3.8, 4) is 0 Å². The molecule has 1 atom stereocenters. The summed E-state index contributed by atoms with van der Waals surface area (Å²) in [5, 5.41) is 7.42. The largest absolute Gasteiger partial charge is 0.399 e. The molecule has 1 aliphatic heterocycles. The van der Waals surface area contributed by atoms with Crippen LogP contribution >= 0.6 is 11.3 Å². The predicted octanol–water partition coefficient (Wildman–Crippen LogP) is 2.10. The van der Waals surface area contributed by atoms with Gasteiger partial charge in [-0.3, -0.25) is 0 Å². The number of anilines is 2. The predicted molar refractivity (Wildman–Crippen MR) is 86.0 cm³/mol. The molecule has 7 heteroatoms. The third kappa shape index (κ3) is 2.52. The van der Waals surface area contributed by atoms with Crippen molar-refractivity contribution in [2.24, 2.45) is 5.14 Å². The Bertz CT molecular complexity index is 783. The van der Waals surface area contributed by atoms with Crippen LogP contribution < -0.4 is 15.8 Å². The van der Waals surface area contributed by atoms with Gasteiger partial charge in [-0.1, -0.05) is 0 Å². The maximum Gasteiger partial charge on any atom is 0.240 e. The maximum atomic E-state index is 11.8. The Morgan fingerprint density at radius 2 is 2.10 bits per heavy atom. The Morgan fingerprint density at radius 3 is 2.81 bits per heavy atom. The second kappa shape index (κ2) is 5.01. The van der Waals surface area contributed by atoms with Crippen LogP contribution in [0.3, 0.4) is 0 Å². The van der Waals surface area contributed by atoms with Crippen molar-refractivity contribution in [1.82, 2.24) is 0 Å². The quantitative estimate of drug-likeness (QED) is 0.828. The van der Waals surface area contributed by atoms with E-state index in [0.29, 0.717) is 11.4 Å². The highest BCUT2D eigenvalue weighted by molar-refractivity contribution is 7.89. The zero-order valence-electron chi connectivity index (χ0n) is 11.6. The number of nitrogen functional groups attached to an aromatic ring is 1. The Labute approximate surface area is 128 Å². The number of benzene rings is 1. The van der Waals surface area contributed by atoms with Crippen molar-refractivity contribution < 1.29 is 8.42 Å². The first-order valence-corrected chi connectivity index (χ1v) is 9.06. The standard InChI is InChI=1S/C14H17N3O2S2/c1-9-11-5-7-20-13(11)4-6-17(9)12-3-2-10(15)8-14(12)21(16,18)19/h2-3,5,7-9H,4,6,15H2,1H3,(H2,16,18,19). The minimum absolute atomic E-state index is 0.0908. The van der Waals surface area contributed by atoms with E-state index >= 15 is 0 Å². The Kier molecular flexibility index (Phi) is 3.43. The summed E-state index contributed by atoms with van der Waals surface area (Å²) in [5.74, 6) is 0. The lowest BCUT2D eigenvalue weighted by atomic mass is 10.0. The molecule has 0 aliphatic carbocycles. The number of hydrogen-bond donors (Lipinski definition) is 2. The zero-order valence-corrected chi connectivity index (χ0v) is 13.2. The van der Waals surface area contributed by atoms with E-state index in [0.717, 1.165) is 13.0 Å². The molecule has 0 saturated heterocycles. The first-order chi connectivity index (χ1) is 9.88. The van der Waals surface area contributed by atoms with E-state index in [1.165, 1.54) is 16.5 Å². The summed E-state index contributed by atoms with van der Waals surface area (Å²) in [7, 11) is -3.81. The average molecular weight is 323 g/mol. The highest BCUT2D eigenvalue weighted by Gasteiger charge is 2.28. The van der Waals surface area contributed by atoms with Gasteiger partial charge in [-0.15, -0.1) is 11.3 Å². The van der Waals surface area contributed by atoms with Crippen LogP contribution in [-0.2, 0) is 16.4 Å². The lowest BCUT2D eigenvalue weighted by Gasteiger charge is -2.36. The van der Waals surface area contributed by atoms with E-state index in [4.69, 9.17) is 10.9 Å². The molecule has 112 valence electrons. The van der Waals surface area contributed by atoms with Crippen molar-refractivity contribution in [2.45, 2.75) is 24.3 Å². The van der Waals surface area contributed by atoms with E-state index in [2.05, 4.69) is 23.3 Å². The molecule has 1 aliphatic rings. The molecule has 5 nitrogen and oxygen atoms in total. The topological polar surface area (TPSA) is 89.4 Å². The fourth-order valence-electron chi connectivity index (χ4n) is 2.83. The van der Waals surface area contributed by atoms with Gasteiger partial charge in [0.2, 0.25) is 10.0 Å². The fraction of sp³-hybridized carbons (Fsp3) is 0.286. The molecule has 1 aromatic heterocycles. The van der Waals surface area contributed by atoms with Gasteiger partial charge in [-0.25, -0.2) is 13.6 Å². The summed E-state index contributed by atoms with van der Waals surface area (Å²) in [6, 6.07) is 7.10. The summed E-state index contributed by atoms with van der Waals surface area (Å²) >= 11 is 1.75. The maximum absolute atomic E-state index is 11.8. The van der Waals surface area contributed by atoms with Gasteiger partial charge in [0.05, 0.1) is 11.7 Å². The highest BCUT2D eigenvalue weighted by atomic mass is 32.2. The smallest absolute Gasteiger partial charge is 0.240 e. The molecule has 0 saturated carbocycles. The number of rotatable bonds is 2. The molecule has 3 rings (SSSR count). The van der Waals surface area contributed by atoms with Gasteiger partial charge in [-0.2, -0.15) is 0 Å². The number of thiophene rings is 1. The summed E-state index contributed by atoms with van der Waals surface area (Å²) in [4.78, 5) is 3.54. The molecular weight excluding hydrogens is 306 g/mol. The average Bonchev–Trinajstić information content (AvgIpc) is 2.88. The molecule has 0 radical (unpaired) electrons. The van der Waals surface area contributed by atoms with Gasteiger partial charge in [-0.05, 0) is 48.6 Å². The van der Waals surface area contributed by atoms with Gasteiger partial charge in [0.1, 0.15) is 4.90 Å². The van der Waals surface area contributed by atoms with Crippen LogP contribution in [0.25, 0.3) is 0 Å². The van der Waals surface area contributed by atoms with Gasteiger partial charge >= 0.3 is 0 Å².